The molecule has 0 radical (unpaired) electrons. The summed E-state index contributed by atoms with van der Waals surface area (Å²) in [6.45, 7) is 1.44. The number of anilines is 1. The summed E-state index contributed by atoms with van der Waals surface area (Å²) in [7, 11) is 1.59. The van der Waals surface area contributed by atoms with Crippen LogP contribution in [0.4, 0.5) is 11.4 Å². The SMILES string of the molecule is COC1(CNc2cccc(C#N)c2[N+](=O)[O-])CCOC1. The highest BCUT2D eigenvalue weighted by Crippen LogP contribution is 2.30. The molecule has 0 aliphatic carbocycles. The molecule has 20 heavy (non-hydrogen) atoms. The summed E-state index contributed by atoms with van der Waals surface area (Å²) in [6, 6.07) is 6.45. The van der Waals surface area contributed by atoms with Gasteiger partial charge in [-0.2, -0.15) is 5.26 Å². The third-order valence-electron chi connectivity index (χ3n) is 3.44. The quantitative estimate of drug-likeness (QED) is 0.649. The standard InChI is InChI=1S/C13H15N3O4/c1-19-13(5-6-20-9-13)8-15-11-4-2-3-10(7-14)12(11)16(17)18/h2-4,15H,5-6,8-9H2,1H3. The summed E-state index contributed by atoms with van der Waals surface area (Å²) in [5.74, 6) is 0. The van der Waals surface area contributed by atoms with Crippen LogP contribution in [-0.4, -0.2) is 37.4 Å². The van der Waals surface area contributed by atoms with Crippen molar-refractivity contribution in [2.24, 2.45) is 0 Å². The molecular weight excluding hydrogens is 262 g/mol. The molecule has 2 rings (SSSR count). The zero-order valence-corrected chi connectivity index (χ0v) is 11.1. The largest absolute Gasteiger partial charge is 0.378 e. The lowest BCUT2D eigenvalue weighted by Crippen LogP contribution is -2.39. The van der Waals surface area contributed by atoms with Gasteiger partial charge in [-0.15, -0.1) is 0 Å². The number of nitro benzene ring substituents is 1. The molecule has 1 N–H and O–H groups in total. The number of nitrogens with one attached hydrogen (secondary N) is 1. The van der Waals surface area contributed by atoms with Gasteiger partial charge in [0, 0.05) is 26.7 Å². The van der Waals surface area contributed by atoms with E-state index in [1.54, 1.807) is 19.2 Å². The van der Waals surface area contributed by atoms with Gasteiger partial charge in [-0.25, -0.2) is 0 Å². The number of ether oxygens (including phenoxy) is 2. The van der Waals surface area contributed by atoms with Crippen LogP contribution in [0.3, 0.4) is 0 Å². The van der Waals surface area contributed by atoms with Gasteiger partial charge in [0.1, 0.15) is 22.9 Å². The molecule has 0 amide bonds. The first kappa shape index (κ1) is 14.2. The predicted octanol–water partition coefficient (Wildman–Crippen LogP) is 1.68. The highest BCUT2D eigenvalue weighted by molar-refractivity contribution is 5.68. The minimum atomic E-state index is -0.550. The molecule has 1 aliphatic heterocycles. The van der Waals surface area contributed by atoms with Crippen LogP contribution >= 0.6 is 0 Å². The topological polar surface area (TPSA) is 97.4 Å². The van der Waals surface area contributed by atoms with Crippen molar-refractivity contribution in [1.29, 1.82) is 5.26 Å². The van der Waals surface area contributed by atoms with E-state index < -0.39 is 10.5 Å². The van der Waals surface area contributed by atoms with E-state index in [4.69, 9.17) is 14.7 Å². The zero-order chi connectivity index (χ0) is 14.6. The van der Waals surface area contributed by atoms with E-state index in [9.17, 15) is 10.1 Å². The van der Waals surface area contributed by atoms with Gasteiger partial charge in [-0.05, 0) is 12.1 Å². The van der Waals surface area contributed by atoms with Gasteiger partial charge in [0.25, 0.3) is 0 Å². The molecule has 1 aromatic carbocycles. The Labute approximate surface area is 116 Å². The Morgan fingerprint density at radius 3 is 3.00 bits per heavy atom. The van der Waals surface area contributed by atoms with Gasteiger partial charge in [0.2, 0.25) is 0 Å². The lowest BCUT2D eigenvalue weighted by Gasteiger charge is -2.26. The summed E-state index contributed by atoms with van der Waals surface area (Å²) in [5, 5.41) is 23.1. The number of rotatable bonds is 5. The summed E-state index contributed by atoms with van der Waals surface area (Å²) < 4.78 is 10.8. The molecule has 0 aromatic heterocycles. The monoisotopic (exact) mass is 277 g/mol. The second-order valence-electron chi connectivity index (χ2n) is 4.61. The molecule has 1 aliphatic rings. The van der Waals surface area contributed by atoms with Crippen LogP contribution in [0.2, 0.25) is 0 Å². The number of hydrogen-bond acceptors (Lipinski definition) is 6. The Bertz CT molecular complexity index is 547. The van der Waals surface area contributed by atoms with Gasteiger partial charge in [0.15, 0.2) is 0 Å². The average molecular weight is 277 g/mol. The van der Waals surface area contributed by atoms with Crippen molar-refractivity contribution in [1.82, 2.24) is 0 Å². The van der Waals surface area contributed by atoms with Crippen LogP contribution in [0.15, 0.2) is 18.2 Å². The molecule has 0 bridgehead atoms. The number of nitriles is 1. The molecule has 1 heterocycles. The second kappa shape index (κ2) is 5.86. The maximum absolute atomic E-state index is 11.1. The fraction of sp³-hybridized carbons (Fsp3) is 0.462. The fourth-order valence-electron chi connectivity index (χ4n) is 2.19. The third kappa shape index (κ3) is 2.71. The van der Waals surface area contributed by atoms with E-state index in [2.05, 4.69) is 5.32 Å². The maximum Gasteiger partial charge on any atom is 0.309 e. The summed E-state index contributed by atoms with van der Waals surface area (Å²) in [4.78, 5) is 10.6. The van der Waals surface area contributed by atoms with E-state index in [0.717, 1.165) is 6.42 Å². The van der Waals surface area contributed by atoms with Crippen molar-refractivity contribution in [3.8, 4) is 6.07 Å². The third-order valence-corrected chi connectivity index (χ3v) is 3.44. The van der Waals surface area contributed by atoms with Crippen molar-refractivity contribution in [3.63, 3.8) is 0 Å². The van der Waals surface area contributed by atoms with Gasteiger partial charge in [-0.1, -0.05) is 6.07 Å². The first-order valence-corrected chi connectivity index (χ1v) is 6.16. The maximum atomic E-state index is 11.1. The number of benzene rings is 1. The van der Waals surface area contributed by atoms with Crippen LogP contribution in [0.25, 0.3) is 0 Å². The Hall–Kier alpha value is -2.17. The minimum Gasteiger partial charge on any atom is -0.378 e. The lowest BCUT2D eigenvalue weighted by atomic mass is 10.0. The Morgan fingerprint density at radius 1 is 1.65 bits per heavy atom. The summed E-state index contributed by atoms with van der Waals surface area (Å²) >= 11 is 0. The Morgan fingerprint density at radius 2 is 2.45 bits per heavy atom. The average Bonchev–Trinajstić information content (AvgIpc) is 2.93. The minimum absolute atomic E-state index is 0.0362. The van der Waals surface area contributed by atoms with Crippen LogP contribution < -0.4 is 5.32 Å². The number of para-hydroxylation sites is 1. The first-order valence-electron chi connectivity index (χ1n) is 6.16. The second-order valence-corrected chi connectivity index (χ2v) is 4.61. The number of nitro groups is 1. The molecule has 1 saturated heterocycles. The molecule has 1 unspecified atom stereocenters. The molecule has 106 valence electrons. The van der Waals surface area contributed by atoms with E-state index in [-0.39, 0.29) is 11.3 Å². The molecular formula is C13H15N3O4. The van der Waals surface area contributed by atoms with Crippen LogP contribution in [0.1, 0.15) is 12.0 Å². The highest BCUT2D eigenvalue weighted by atomic mass is 16.6. The van der Waals surface area contributed by atoms with Crippen LogP contribution in [0, 0.1) is 21.4 Å². The number of hydrogen-bond donors (Lipinski definition) is 1. The summed E-state index contributed by atoms with van der Waals surface area (Å²) in [5.41, 5.74) is -0.331. The molecule has 0 saturated carbocycles. The summed E-state index contributed by atoms with van der Waals surface area (Å²) in [6.07, 6.45) is 0.724. The normalized spacial score (nSPS) is 21.4. The van der Waals surface area contributed by atoms with Gasteiger partial charge in [0.05, 0.1) is 11.5 Å². The van der Waals surface area contributed by atoms with Gasteiger partial charge in [-0.3, -0.25) is 10.1 Å². The van der Waals surface area contributed by atoms with Crippen LogP contribution in [0.5, 0.6) is 0 Å². The van der Waals surface area contributed by atoms with Gasteiger partial charge < -0.3 is 14.8 Å². The lowest BCUT2D eigenvalue weighted by molar-refractivity contribution is -0.384. The van der Waals surface area contributed by atoms with Crippen molar-refractivity contribution in [3.05, 3.63) is 33.9 Å². The molecule has 1 aromatic rings. The molecule has 7 nitrogen and oxygen atoms in total. The number of methoxy groups -OCH3 is 1. The van der Waals surface area contributed by atoms with Gasteiger partial charge >= 0.3 is 5.69 Å². The van der Waals surface area contributed by atoms with E-state index in [1.165, 1.54) is 6.07 Å². The van der Waals surface area contributed by atoms with Crippen molar-refractivity contribution >= 4 is 11.4 Å². The Balaban J connectivity index is 2.21. The van der Waals surface area contributed by atoms with E-state index >= 15 is 0 Å². The Kier molecular flexibility index (Phi) is 4.17. The van der Waals surface area contributed by atoms with Crippen molar-refractivity contribution < 1.29 is 14.4 Å². The first-order chi connectivity index (χ1) is 9.62. The molecule has 0 spiro atoms. The number of nitrogens with zero attached hydrogens (tertiary/aromatic N) is 2. The van der Waals surface area contributed by atoms with Crippen molar-refractivity contribution in [2.45, 2.75) is 12.0 Å². The van der Waals surface area contributed by atoms with Crippen LogP contribution in [-0.2, 0) is 9.47 Å². The molecule has 7 heteroatoms. The fourth-order valence-corrected chi connectivity index (χ4v) is 2.19. The molecule has 1 atom stereocenters. The van der Waals surface area contributed by atoms with E-state index in [1.807, 2.05) is 6.07 Å². The molecule has 1 fully saturated rings. The van der Waals surface area contributed by atoms with Crippen molar-refractivity contribution in [2.75, 3.05) is 32.2 Å². The predicted molar refractivity (Wildman–Crippen MR) is 71.5 cm³/mol. The van der Waals surface area contributed by atoms with E-state index in [0.29, 0.717) is 25.4 Å². The zero-order valence-electron chi connectivity index (χ0n) is 11.1. The smallest absolute Gasteiger partial charge is 0.309 e. The highest BCUT2D eigenvalue weighted by Gasteiger charge is 2.35.